The molecule has 0 bridgehead atoms. The number of anilines is 1. The molecule has 1 aliphatic rings. The lowest BCUT2D eigenvalue weighted by atomic mass is 9.94. The number of phenols is 1. The Morgan fingerprint density at radius 3 is 2.31 bits per heavy atom. The molecule has 1 fully saturated rings. The number of ether oxygens (including phenoxy) is 1. The van der Waals surface area contributed by atoms with E-state index in [4.69, 9.17) is 10.5 Å². The van der Waals surface area contributed by atoms with Crippen molar-refractivity contribution >= 4 is 17.8 Å². The van der Waals surface area contributed by atoms with Crippen LogP contribution >= 0.6 is 0 Å². The smallest absolute Gasteiger partial charge is 0.342 e. The van der Waals surface area contributed by atoms with Gasteiger partial charge in [-0.1, -0.05) is 0 Å². The number of phenolic OH excluding ortho intramolecular Hbond substituents is 1. The van der Waals surface area contributed by atoms with E-state index in [1.807, 2.05) is 4.98 Å². The number of hydrogen-bond acceptors (Lipinski definition) is 6. The van der Waals surface area contributed by atoms with Gasteiger partial charge in [0.25, 0.3) is 5.56 Å². The zero-order valence-corrected chi connectivity index (χ0v) is 13.5. The highest BCUT2D eigenvalue weighted by molar-refractivity contribution is 6.08. The highest BCUT2D eigenvalue weighted by Gasteiger charge is 2.28. The molecule has 9 heteroatoms. The van der Waals surface area contributed by atoms with Crippen molar-refractivity contribution in [2.75, 3.05) is 5.73 Å². The lowest BCUT2D eigenvalue weighted by molar-refractivity contribution is 0.0695. The molecule has 0 amide bonds. The van der Waals surface area contributed by atoms with Gasteiger partial charge in [0.1, 0.15) is 28.4 Å². The van der Waals surface area contributed by atoms with E-state index in [1.165, 1.54) is 18.2 Å². The molecule has 1 heterocycles. The third-order valence-corrected chi connectivity index (χ3v) is 4.27. The summed E-state index contributed by atoms with van der Waals surface area (Å²) >= 11 is 0. The van der Waals surface area contributed by atoms with Crippen LogP contribution in [-0.4, -0.2) is 38.3 Å². The molecule has 0 radical (unpaired) electrons. The van der Waals surface area contributed by atoms with Crippen molar-refractivity contribution in [2.45, 2.75) is 25.4 Å². The average Bonchev–Trinajstić information content (AvgIpc) is 2.49. The Morgan fingerprint density at radius 1 is 1.15 bits per heavy atom. The third-order valence-electron chi connectivity index (χ3n) is 4.27. The first-order chi connectivity index (χ1) is 12.3. The molecule has 1 aromatic heterocycles. The van der Waals surface area contributed by atoms with Crippen molar-refractivity contribution in [2.24, 2.45) is 0 Å². The van der Waals surface area contributed by atoms with Gasteiger partial charge in [0, 0.05) is 17.2 Å². The van der Waals surface area contributed by atoms with E-state index in [0.717, 1.165) is 19.3 Å². The summed E-state index contributed by atoms with van der Waals surface area (Å²) in [6.07, 6.45) is 2.92. The second-order valence-electron chi connectivity index (χ2n) is 5.95. The summed E-state index contributed by atoms with van der Waals surface area (Å²) in [5.74, 6) is -3.74. The Kier molecular flexibility index (Phi) is 4.29. The number of aromatic amines is 1. The van der Waals surface area contributed by atoms with E-state index in [0.29, 0.717) is 5.75 Å². The van der Waals surface area contributed by atoms with E-state index < -0.39 is 45.8 Å². The Labute approximate surface area is 146 Å². The fourth-order valence-electron chi connectivity index (χ4n) is 2.79. The molecular weight excluding hydrogens is 344 g/mol. The van der Waals surface area contributed by atoms with Crippen LogP contribution in [0, 0.1) is 0 Å². The molecule has 136 valence electrons. The number of nitrogen functional groups attached to an aromatic ring is 1. The van der Waals surface area contributed by atoms with Gasteiger partial charge in [0.05, 0.1) is 6.10 Å². The van der Waals surface area contributed by atoms with Crippen molar-refractivity contribution in [1.29, 1.82) is 0 Å². The maximum atomic E-state index is 12.0. The molecule has 0 aliphatic heterocycles. The first kappa shape index (κ1) is 17.3. The van der Waals surface area contributed by atoms with E-state index in [2.05, 4.69) is 0 Å². The quantitative estimate of drug-likeness (QED) is 0.537. The number of aromatic hydroxyl groups is 1. The molecule has 0 atom stereocenters. The summed E-state index contributed by atoms with van der Waals surface area (Å²) in [5.41, 5.74) is 2.47. The minimum Gasteiger partial charge on any atom is -0.507 e. The summed E-state index contributed by atoms with van der Waals surface area (Å²) in [5, 5.41) is 29.1. The van der Waals surface area contributed by atoms with Gasteiger partial charge in [-0.15, -0.1) is 0 Å². The predicted molar refractivity (Wildman–Crippen MR) is 90.8 cm³/mol. The van der Waals surface area contributed by atoms with Gasteiger partial charge in [0.2, 0.25) is 0 Å². The monoisotopic (exact) mass is 360 g/mol. The van der Waals surface area contributed by atoms with Crippen molar-refractivity contribution in [1.82, 2.24) is 4.98 Å². The van der Waals surface area contributed by atoms with E-state index in [9.17, 15) is 29.7 Å². The number of carboxylic acids is 2. The molecule has 1 aromatic carbocycles. The van der Waals surface area contributed by atoms with Gasteiger partial charge < -0.3 is 30.8 Å². The number of nitrogens with one attached hydrogen (secondary N) is 1. The standard InChI is InChI=1S/C17H16N2O7/c18-14-12(16(22)23)11(13(17(24)25)15(21)19-14)9-5-4-8(6-10(9)20)26-7-2-1-3-7/h4-7,20H,1-3H2,(H,22,23)(H,24,25)(H3,18,19,21). The third kappa shape index (κ3) is 2.94. The van der Waals surface area contributed by atoms with Gasteiger partial charge in [-0.2, -0.15) is 0 Å². The number of pyridine rings is 1. The minimum atomic E-state index is -1.64. The van der Waals surface area contributed by atoms with E-state index in [-0.39, 0.29) is 11.7 Å². The molecule has 0 spiro atoms. The predicted octanol–water partition coefficient (Wildman–Crippen LogP) is 1.66. The number of hydrogen-bond donors (Lipinski definition) is 5. The average molecular weight is 360 g/mol. The van der Waals surface area contributed by atoms with Crippen LogP contribution in [0.1, 0.15) is 40.0 Å². The van der Waals surface area contributed by atoms with Crippen LogP contribution < -0.4 is 16.0 Å². The Hall–Kier alpha value is -3.49. The van der Waals surface area contributed by atoms with Crippen LogP contribution in [0.3, 0.4) is 0 Å². The van der Waals surface area contributed by atoms with Crippen LogP contribution in [0.25, 0.3) is 11.1 Å². The molecule has 6 N–H and O–H groups in total. The number of aromatic nitrogens is 1. The molecule has 2 aromatic rings. The zero-order valence-electron chi connectivity index (χ0n) is 13.5. The van der Waals surface area contributed by atoms with Crippen LogP contribution in [0.15, 0.2) is 23.0 Å². The molecular formula is C17H16N2O7. The highest BCUT2D eigenvalue weighted by Crippen LogP contribution is 2.38. The van der Waals surface area contributed by atoms with Gasteiger partial charge >= 0.3 is 11.9 Å². The number of carbonyl (C=O) groups is 2. The van der Waals surface area contributed by atoms with Crippen LogP contribution in [-0.2, 0) is 0 Å². The second kappa shape index (κ2) is 6.43. The Bertz CT molecular complexity index is 960. The number of nitrogens with two attached hydrogens (primary N) is 1. The largest absolute Gasteiger partial charge is 0.507 e. The molecule has 1 saturated carbocycles. The minimum absolute atomic E-state index is 0.0552. The molecule has 1 aliphatic carbocycles. The fraction of sp³-hybridized carbons (Fsp3) is 0.235. The Morgan fingerprint density at radius 2 is 1.81 bits per heavy atom. The van der Waals surface area contributed by atoms with E-state index >= 15 is 0 Å². The van der Waals surface area contributed by atoms with Crippen molar-refractivity contribution in [3.63, 3.8) is 0 Å². The number of benzene rings is 1. The summed E-state index contributed by atoms with van der Waals surface area (Å²) < 4.78 is 5.64. The number of aromatic carboxylic acids is 2. The lowest BCUT2D eigenvalue weighted by Gasteiger charge is -2.26. The first-order valence-electron chi connectivity index (χ1n) is 7.82. The van der Waals surface area contributed by atoms with Gasteiger partial charge in [-0.05, 0) is 31.4 Å². The summed E-state index contributed by atoms with van der Waals surface area (Å²) in [4.78, 5) is 37.1. The normalized spacial score (nSPS) is 13.8. The van der Waals surface area contributed by atoms with Gasteiger partial charge in [-0.3, -0.25) is 4.79 Å². The lowest BCUT2D eigenvalue weighted by Crippen LogP contribution is -2.25. The molecule has 0 unspecified atom stereocenters. The van der Waals surface area contributed by atoms with Gasteiger partial charge in [0.15, 0.2) is 0 Å². The zero-order chi connectivity index (χ0) is 19.0. The molecule has 0 saturated heterocycles. The fourth-order valence-corrected chi connectivity index (χ4v) is 2.79. The highest BCUT2D eigenvalue weighted by atomic mass is 16.5. The molecule has 9 nitrogen and oxygen atoms in total. The van der Waals surface area contributed by atoms with Crippen LogP contribution in [0.4, 0.5) is 5.82 Å². The number of H-pyrrole nitrogens is 1. The van der Waals surface area contributed by atoms with Crippen molar-refractivity contribution in [3.8, 4) is 22.6 Å². The van der Waals surface area contributed by atoms with Crippen molar-refractivity contribution < 1.29 is 29.6 Å². The van der Waals surface area contributed by atoms with E-state index in [1.54, 1.807) is 0 Å². The maximum absolute atomic E-state index is 12.0. The SMILES string of the molecule is Nc1[nH]c(=O)c(C(=O)O)c(-c2ccc(OC3CCC3)cc2O)c1C(=O)O. The summed E-state index contributed by atoms with van der Waals surface area (Å²) in [7, 11) is 0. The van der Waals surface area contributed by atoms with Crippen molar-refractivity contribution in [3.05, 3.63) is 39.7 Å². The van der Waals surface area contributed by atoms with Gasteiger partial charge in [-0.25, -0.2) is 9.59 Å². The topological polar surface area (TPSA) is 163 Å². The summed E-state index contributed by atoms with van der Waals surface area (Å²) in [6.45, 7) is 0. The van der Waals surface area contributed by atoms with Crippen LogP contribution in [0.2, 0.25) is 0 Å². The van der Waals surface area contributed by atoms with Crippen LogP contribution in [0.5, 0.6) is 11.5 Å². The summed E-state index contributed by atoms with van der Waals surface area (Å²) in [6, 6.07) is 4.03. The second-order valence-corrected chi connectivity index (χ2v) is 5.95. The maximum Gasteiger partial charge on any atom is 0.342 e. The number of carboxylic acid groups (broad SMARTS) is 2. The first-order valence-corrected chi connectivity index (χ1v) is 7.82. The number of rotatable bonds is 5. The molecule has 26 heavy (non-hydrogen) atoms. The Balaban J connectivity index is 2.20. The molecule has 3 rings (SSSR count).